The molecule has 0 bridgehead atoms. The van der Waals surface area contributed by atoms with Gasteiger partial charge in [0.05, 0.1) is 5.25 Å². The van der Waals surface area contributed by atoms with Crippen LogP contribution in [0.1, 0.15) is 34.4 Å². The summed E-state index contributed by atoms with van der Waals surface area (Å²) in [6, 6.07) is 8.89. The molecule has 0 fully saturated rings. The summed E-state index contributed by atoms with van der Waals surface area (Å²) in [5.74, 6) is 0. The second-order valence-corrected chi connectivity index (χ2v) is 7.55. The minimum Gasteiger partial charge on any atom is -0.618 e. The van der Waals surface area contributed by atoms with E-state index in [1.165, 1.54) is 6.20 Å². The fourth-order valence-corrected chi connectivity index (χ4v) is 4.21. The number of nitrogens with zero attached hydrogens (tertiary/aromatic N) is 1. The lowest BCUT2D eigenvalue weighted by atomic mass is 10.0. The molecular weight excluding hydrogens is 286 g/mol. The molecule has 0 aliphatic carbocycles. The average Bonchev–Trinajstić information content (AvgIpc) is 2.40. The van der Waals surface area contributed by atoms with Crippen molar-refractivity contribution in [2.24, 2.45) is 0 Å². The molecule has 0 radical (unpaired) electrons. The molecule has 4 nitrogen and oxygen atoms in total. The molecule has 0 N–H and O–H groups in total. The van der Waals surface area contributed by atoms with E-state index in [1.807, 2.05) is 32.0 Å². The average molecular weight is 305 g/mol. The molecule has 0 spiro atoms. The number of benzene rings is 1. The van der Waals surface area contributed by atoms with Gasteiger partial charge >= 0.3 is 5.03 Å². The number of rotatable bonds is 3. The van der Waals surface area contributed by atoms with Crippen LogP contribution in [0, 0.1) is 26.0 Å². The van der Waals surface area contributed by atoms with E-state index in [1.54, 1.807) is 26.0 Å². The first-order chi connectivity index (χ1) is 9.75. The molecule has 2 rings (SSSR count). The Morgan fingerprint density at radius 3 is 2.38 bits per heavy atom. The summed E-state index contributed by atoms with van der Waals surface area (Å²) >= 11 is 0. The van der Waals surface area contributed by atoms with Gasteiger partial charge in [-0.15, -0.1) is 0 Å². The van der Waals surface area contributed by atoms with Crippen LogP contribution >= 0.6 is 0 Å². The molecule has 5 heteroatoms. The van der Waals surface area contributed by atoms with Gasteiger partial charge in [0.2, 0.25) is 9.84 Å². The first-order valence-electron chi connectivity index (χ1n) is 6.75. The molecule has 0 saturated carbocycles. The minimum absolute atomic E-state index is 0.168. The van der Waals surface area contributed by atoms with E-state index in [-0.39, 0.29) is 5.03 Å². The SMILES string of the molecule is Cc1ccc(C)c(C(C)S(=O)(=O)c2c(C)ccc[n+]2[O-])c1. The number of pyridine rings is 1. The summed E-state index contributed by atoms with van der Waals surface area (Å²) in [5, 5.41) is 11.0. The predicted molar refractivity (Wildman–Crippen MR) is 81.7 cm³/mol. The molecule has 0 saturated heterocycles. The van der Waals surface area contributed by atoms with Gasteiger partial charge in [-0.05, 0) is 44.9 Å². The van der Waals surface area contributed by atoms with Crippen LogP contribution in [0.5, 0.6) is 0 Å². The summed E-state index contributed by atoms with van der Waals surface area (Å²) in [5.41, 5.74) is 3.10. The van der Waals surface area contributed by atoms with Gasteiger partial charge < -0.3 is 5.21 Å². The highest BCUT2D eigenvalue weighted by Crippen LogP contribution is 2.30. The predicted octanol–water partition coefficient (Wildman–Crippen LogP) is 2.78. The monoisotopic (exact) mass is 305 g/mol. The maximum atomic E-state index is 12.8. The summed E-state index contributed by atoms with van der Waals surface area (Å²) in [7, 11) is -3.74. The van der Waals surface area contributed by atoms with Gasteiger partial charge in [0.15, 0.2) is 6.20 Å². The van der Waals surface area contributed by atoms with Crippen LogP contribution < -0.4 is 4.73 Å². The molecular formula is C16H19NO3S. The van der Waals surface area contributed by atoms with Gasteiger partial charge in [-0.1, -0.05) is 23.8 Å². The summed E-state index contributed by atoms with van der Waals surface area (Å²) in [6.07, 6.45) is 1.22. The lowest BCUT2D eigenvalue weighted by Gasteiger charge is -2.16. The maximum absolute atomic E-state index is 12.8. The van der Waals surface area contributed by atoms with E-state index < -0.39 is 15.1 Å². The van der Waals surface area contributed by atoms with Crippen LogP contribution in [0.3, 0.4) is 0 Å². The third-order valence-corrected chi connectivity index (χ3v) is 5.94. The zero-order valence-corrected chi connectivity index (χ0v) is 13.4. The molecule has 112 valence electrons. The standard InChI is InChI=1S/C16H19NO3S/c1-11-7-8-12(2)15(10-11)14(4)21(19,20)16-13(3)6-5-9-17(16)18/h5-10,14H,1-4H3. The zero-order chi connectivity index (χ0) is 15.8. The van der Waals surface area contributed by atoms with E-state index in [0.29, 0.717) is 10.3 Å². The van der Waals surface area contributed by atoms with E-state index in [2.05, 4.69) is 0 Å². The van der Waals surface area contributed by atoms with E-state index in [0.717, 1.165) is 16.7 Å². The molecule has 1 heterocycles. The van der Waals surface area contributed by atoms with E-state index in [4.69, 9.17) is 0 Å². The molecule has 0 amide bonds. The van der Waals surface area contributed by atoms with Crippen LogP contribution in [0.2, 0.25) is 0 Å². The first kappa shape index (κ1) is 15.5. The third kappa shape index (κ3) is 2.78. The molecule has 21 heavy (non-hydrogen) atoms. The second-order valence-electron chi connectivity index (χ2n) is 5.37. The fourth-order valence-electron chi connectivity index (χ4n) is 2.46. The van der Waals surface area contributed by atoms with Crippen molar-refractivity contribution in [1.82, 2.24) is 0 Å². The van der Waals surface area contributed by atoms with E-state index in [9.17, 15) is 13.6 Å². The lowest BCUT2D eigenvalue weighted by molar-refractivity contribution is -0.647. The third-order valence-electron chi connectivity index (χ3n) is 3.71. The molecule has 2 aromatic rings. The van der Waals surface area contributed by atoms with Gasteiger partial charge in [-0.2, -0.15) is 4.73 Å². The van der Waals surface area contributed by atoms with Gasteiger partial charge in [-0.3, -0.25) is 0 Å². The van der Waals surface area contributed by atoms with Crippen molar-refractivity contribution >= 4 is 9.84 Å². The Hall–Kier alpha value is -1.88. The highest BCUT2D eigenvalue weighted by atomic mass is 32.2. The Labute approximate surface area is 125 Å². The normalized spacial score (nSPS) is 13.1. The van der Waals surface area contributed by atoms with Crippen LogP contribution in [-0.4, -0.2) is 8.42 Å². The highest BCUT2D eigenvalue weighted by Gasteiger charge is 2.34. The first-order valence-corrected chi connectivity index (χ1v) is 8.29. The smallest absolute Gasteiger partial charge is 0.312 e. The zero-order valence-electron chi connectivity index (χ0n) is 12.6. The molecule has 1 atom stereocenters. The fraction of sp³-hybridized carbons (Fsp3) is 0.312. The molecule has 1 aromatic carbocycles. The van der Waals surface area contributed by atoms with Crippen molar-refractivity contribution in [2.45, 2.75) is 38.0 Å². The van der Waals surface area contributed by atoms with Crippen LogP contribution in [0.4, 0.5) is 0 Å². The number of hydrogen-bond acceptors (Lipinski definition) is 3. The van der Waals surface area contributed by atoms with Crippen molar-refractivity contribution in [3.05, 3.63) is 64.0 Å². The Morgan fingerprint density at radius 2 is 1.76 bits per heavy atom. The Bertz CT molecular complexity index is 762. The van der Waals surface area contributed by atoms with Crippen molar-refractivity contribution in [2.75, 3.05) is 0 Å². The highest BCUT2D eigenvalue weighted by molar-refractivity contribution is 7.91. The summed E-state index contributed by atoms with van der Waals surface area (Å²) in [4.78, 5) is 0. The van der Waals surface area contributed by atoms with Crippen LogP contribution in [0.25, 0.3) is 0 Å². The Morgan fingerprint density at radius 1 is 1.10 bits per heavy atom. The van der Waals surface area contributed by atoms with Crippen molar-refractivity contribution in [1.29, 1.82) is 0 Å². The number of sulfone groups is 1. The quantitative estimate of drug-likeness (QED) is 0.647. The van der Waals surface area contributed by atoms with Gasteiger partial charge in [0.1, 0.15) is 0 Å². The number of hydrogen-bond donors (Lipinski definition) is 0. The topological polar surface area (TPSA) is 61.1 Å². The molecule has 1 aromatic heterocycles. The molecule has 0 aliphatic rings. The van der Waals surface area contributed by atoms with Gasteiger partial charge in [-0.25, -0.2) is 8.42 Å². The Kier molecular flexibility index (Phi) is 4.05. The Balaban J connectivity index is 2.61. The molecule has 1 unspecified atom stereocenters. The van der Waals surface area contributed by atoms with Gasteiger partial charge in [0, 0.05) is 11.6 Å². The van der Waals surface area contributed by atoms with Gasteiger partial charge in [0.25, 0.3) is 0 Å². The van der Waals surface area contributed by atoms with Crippen molar-refractivity contribution < 1.29 is 13.1 Å². The van der Waals surface area contributed by atoms with Crippen molar-refractivity contribution in [3.8, 4) is 0 Å². The summed E-state index contributed by atoms with van der Waals surface area (Å²) in [6.45, 7) is 7.06. The lowest BCUT2D eigenvalue weighted by Crippen LogP contribution is -2.36. The largest absolute Gasteiger partial charge is 0.618 e. The molecule has 0 aliphatic heterocycles. The second kappa shape index (κ2) is 5.48. The van der Waals surface area contributed by atoms with Crippen LogP contribution in [0.15, 0.2) is 41.6 Å². The van der Waals surface area contributed by atoms with Crippen LogP contribution in [-0.2, 0) is 9.84 Å². The van der Waals surface area contributed by atoms with Crippen molar-refractivity contribution in [3.63, 3.8) is 0 Å². The maximum Gasteiger partial charge on any atom is 0.312 e. The summed E-state index contributed by atoms with van der Waals surface area (Å²) < 4.78 is 26.1. The number of aryl methyl sites for hydroxylation is 3. The minimum atomic E-state index is -3.74. The number of aromatic nitrogens is 1. The van der Waals surface area contributed by atoms with E-state index >= 15 is 0 Å².